The van der Waals surface area contributed by atoms with Crippen LogP contribution in [0, 0.1) is 5.92 Å². The molecule has 1 aliphatic rings. The number of alkyl carbamates (subject to hydrolysis) is 1. The number of carbonyl (C=O) groups excluding carboxylic acids is 1. The second-order valence-corrected chi connectivity index (χ2v) is 3.43. The molecule has 0 aliphatic carbocycles. The summed E-state index contributed by atoms with van der Waals surface area (Å²) in [7, 11) is 1.20. The molecule has 2 atom stereocenters. The third-order valence-corrected chi connectivity index (χ3v) is 2.39. The van der Waals surface area contributed by atoms with Crippen LogP contribution < -0.4 is 5.32 Å². The Morgan fingerprint density at radius 2 is 2.33 bits per heavy atom. The number of nitrogens with one attached hydrogen (secondary N) is 1. The Bertz CT molecular complexity index is 237. The zero-order valence-electron chi connectivity index (χ0n) is 8.56. The Hall–Kier alpha value is -1.30. The number of aliphatic carboxylic acids is 1. The number of amides is 1. The first-order chi connectivity index (χ1) is 7.15. The lowest BCUT2D eigenvalue weighted by atomic mass is 9.94. The summed E-state index contributed by atoms with van der Waals surface area (Å²) in [5.41, 5.74) is 0. The van der Waals surface area contributed by atoms with Crippen LogP contribution in [0.25, 0.3) is 0 Å². The maximum Gasteiger partial charge on any atom is 0.407 e. The smallest absolute Gasteiger partial charge is 0.407 e. The second kappa shape index (κ2) is 5.55. The van der Waals surface area contributed by atoms with Crippen molar-refractivity contribution in [2.75, 3.05) is 20.3 Å². The Kier molecular flexibility index (Phi) is 4.36. The average Bonchev–Trinajstić information content (AvgIpc) is 2.26. The molecule has 6 heteroatoms. The molecule has 0 bridgehead atoms. The van der Waals surface area contributed by atoms with E-state index < -0.39 is 18.1 Å². The van der Waals surface area contributed by atoms with Gasteiger partial charge in [-0.1, -0.05) is 0 Å². The number of hydrogen-bond acceptors (Lipinski definition) is 4. The van der Waals surface area contributed by atoms with E-state index in [0.717, 1.165) is 12.8 Å². The van der Waals surface area contributed by atoms with Crippen molar-refractivity contribution in [2.24, 2.45) is 5.92 Å². The molecule has 0 aromatic carbocycles. The average molecular weight is 217 g/mol. The van der Waals surface area contributed by atoms with Crippen LogP contribution >= 0.6 is 0 Å². The zero-order chi connectivity index (χ0) is 11.3. The lowest BCUT2D eigenvalue weighted by Crippen LogP contribution is -2.48. The molecule has 86 valence electrons. The number of carboxylic acid groups (broad SMARTS) is 1. The fourth-order valence-electron chi connectivity index (χ4n) is 1.60. The molecular weight excluding hydrogens is 202 g/mol. The molecule has 0 saturated carbocycles. The largest absolute Gasteiger partial charge is 0.480 e. The summed E-state index contributed by atoms with van der Waals surface area (Å²) in [6.45, 7) is 1.02. The molecule has 1 rings (SSSR count). The highest BCUT2D eigenvalue weighted by Gasteiger charge is 2.31. The summed E-state index contributed by atoms with van der Waals surface area (Å²) in [4.78, 5) is 21.9. The van der Waals surface area contributed by atoms with Gasteiger partial charge in [0, 0.05) is 12.5 Å². The lowest BCUT2D eigenvalue weighted by Gasteiger charge is -2.27. The molecule has 0 spiro atoms. The first-order valence-electron chi connectivity index (χ1n) is 4.80. The van der Waals surface area contributed by atoms with Gasteiger partial charge in [-0.15, -0.1) is 0 Å². The van der Waals surface area contributed by atoms with Gasteiger partial charge >= 0.3 is 12.1 Å². The van der Waals surface area contributed by atoms with E-state index in [2.05, 4.69) is 10.1 Å². The van der Waals surface area contributed by atoms with Gasteiger partial charge in [0.15, 0.2) is 0 Å². The minimum absolute atomic E-state index is 0.185. The molecule has 0 aromatic rings. The number of methoxy groups -OCH3 is 1. The highest BCUT2D eigenvalue weighted by atomic mass is 16.5. The van der Waals surface area contributed by atoms with E-state index in [4.69, 9.17) is 9.84 Å². The van der Waals surface area contributed by atoms with Crippen LogP contribution in [0.1, 0.15) is 12.8 Å². The molecule has 1 unspecified atom stereocenters. The molecule has 6 nitrogen and oxygen atoms in total. The standard InChI is InChI=1S/C9H15NO5/c1-14-9(13)10-7(8(11)12)6-3-2-4-15-5-6/h6-7H,2-5H2,1H3,(H,10,13)(H,11,12)/t6?,7-/m0/s1. The fourth-order valence-corrected chi connectivity index (χ4v) is 1.60. The summed E-state index contributed by atoms with van der Waals surface area (Å²) in [5, 5.41) is 11.2. The van der Waals surface area contributed by atoms with E-state index in [1.165, 1.54) is 7.11 Å². The van der Waals surface area contributed by atoms with Gasteiger partial charge in [-0.05, 0) is 12.8 Å². The first-order valence-corrected chi connectivity index (χ1v) is 4.80. The van der Waals surface area contributed by atoms with E-state index >= 15 is 0 Å². The maximum atomic E-state index is 10.9. The van der Waals surface area contributed by atoms with Crippen LogP contribution in [0.5, 0.6) is 0 Å². The number of hydrogen-bond donors (Lipinski definition) is 2. The summed E-state index contributed by atoms with van der Waals surface area (Å²) < 4.78 is 9.54. The minimum atomic E-state index is -1.06. The van der Waals surface area contributed by atoms with E-state index in [1.54, 1.807) is 0 Å². The van der Waals surface area contributed by atoms with Crippen molar-refractivity contribution in [3.63, 3.8) is 0 Å². The lowest BCUT2D eigenvalue weighted by molar-refractivity contribution is -0.142. The second-order valence-electron chi connectivity index (χ2n) is 3.43. The van der Waals surface area contributed by atoms with E-state index in [9.17, 15) is 9.59 Å². The molecular formula is C9H15NO5. The third-order valence-electron chi connectivity index (χ3n) is 2.39. The van der Waals surface area contributed by atoms with Crippen molar-refractivity contribution in [1.29, 1.82) is 0 Å². The van der Waals surface area contributed by atoms with Crippen molar-refractivity contribution in [3.05, 3.63) is 0 Å². The fraction of sp³-hybridized carbons (Fsp3) is 0.778. The molecule has 0 aromatic heterocycles. The van der Waals surface area contributed by atoms with Crippen molar-refractivity contribution >= 4 is 12.1 Å². The van der Waals surface area contributed by atoms with E-state index in [-0.39, 0.29) is 5.92 Å². The summed E-state index contributed by atoms with van der Waals surface area (Å²) in [5.74, 6) is -1.24. The summed E-state index contributed by atoms with van der Waals surface area (Å²) in [6, 6.07) is -0.933. The minimum Gasteiger partial charge on any atom is -0.480 e. The van der Waals surface area contributed by atoms with Crippen LogP contribution in [0.15, 0.2) is 0 Å². The Labute approximate surface area is 87.5 Å². The van der Waals surface area contributed by atoms with Crippen molar-refractivity contribution in [2.45, 2.75) is 18.9 Å². The number of carbonyl (C=O) groups is 2. The van der Waals surface area contributed by atoms with E-state index in [1.807, 2.05) is 0 Å². The van der Waals surface area contributed by atoms with Crippen LogP contribution in [0.4, 0.5) is 4.79 Å². The maximum absolute atomic E-state index is 10.9. The predicted octanol–water partition coefficient (Wildman–Crippen LogP) is 0.222. The third kappa shape index (κ3) is 3.39. The van der Waals surface area contributed by atoms with Gasteiger partial charge in [-0.2, -0.15) is 0 Å². The molecule has 0 radical (unpaired) electrons. The normalized spacial score (nSPS) is 22.9. The van der Waals surface area contributed by atoms with Crippen molar-refractivity contribution < 1.29 is 24.2 Å². The number of ether oxygens (including phenoxy) is 2. The molecule has 15 heavy (non-hydrogen) atoms. The van der Waals surface area contributed by atoms with Crippen LogP contribution in [-0.4, -0.2) is 43.5 Å². The van der Waals surface area contributed by atoms with Gasteiger partial charge in [0.2, 0.25) is 0 Å². The summed E-state index contributed by atoms with van der Waals surface area (Å²) in [6.07, 6.45) is 0.825. The van der Waals surface area contributed by atoms with Crippen LogP contribution in [0.2, 0.25) is 0 Å². The van der Waals surface area contributed by atoms with Crippen molar-refractivity contribution in [1.82, 2.24) is 5.32 Å². The van der Waals surface area contributed by atoms with Gasteiger partial charge in [0.1, 0.15) is 6.04 Å². The molecule has 1 amide bonds. The molecule has 1 heterocycles. The monoisotopic (exact) mass is 217 g/mol. The van der Waals surface area contributed by atoms with Crippen LogP contribution in [-0.2, 0) is 14.3 Å². The summed E-state index contributed by atoms with van der Waals surface area (Å²) >= 11 is 0. The van der Waals surface area contributed by atoms with Gasteiger partial charge in [0.05, 0.1) is 13.7 Å². The highest BCUT2D eigenvalue weighted by molar-refractivity contribution is 5.80. The van der Waals surface area contributed by atoms with Gasteiger partial charge in [0.25, 0.3) is 0 Å². The topological polar surface area (TPSA) is 84.9 Å². The molecule has 1 fully saturated rings. The molecule has 1 saturated heterocycles. The van der Waals surface area contributed by atoms with Crippen LogP contribution in [0.3, 0.4) is 0 Å². The molecule has 1 aliphatic heterocycles. The number of rotatable bonds is 3. The molecule has 2 N–H and O–H groups in total. The Balaban J connectivity index is 2.55. The predicted molar refractivity (Wildman–Crippen MR) is 50.5 cm³/mol. The Morgan fingerprint density at radius 1 is 1.60 bits per heavy atom. The number of carboxylic acids is 1. The van der Waals surface area contributed by atoms with Crippen molar-refractivity contribution in [3.8, 4) is 0 Å². The first kappa shape index (κ1) is 11.8. The van der Waals surface area contributed by atoms with Gasteiger partial charge in [-0.25, -0.2) is 9.59 Å². The SMILES string of the molecule is COC(=O)N[C@H](C(=O)O)C1CCCOC1. The van der Waals surface area contributed by atoms with Gasteiger partial charge in [-0.3, -0.25) is 0 Å². The zero-order valence-corrected chi connectivity index (χ0v) is 8.56. The Morgan fingerprint density at radius 3 is 2.80 bits per heavy atom. The highest BCUT2D eigenvalue weighted by Crippen LogP contribution is 2.17. The van der Waals surface area contributed by atoms with E-state index in [0.29, 0.717) is 13.2 Å². The van der Waals surface area contributed by atoms with Gasteiger partial charge < -0.3 is 19.9 Å². The quantitative estimate of drug-likeness (QED) is 0.706.